The zero-order chi connectivity index (χ0) is 24.8. The normalized spacial score (nSPS) is 23.4. The number of nitrogens with zero attached hydrogens (tertiary/aromatic N) is 2. The summed E-state index contributed by atoms with van der Waals surface area (Å²) < 4.78 is 14.7. The fraction of sp³-hybridized carbons (Fsp3) is 0.542. The molecule has 9 heteroatoms. The van der Waals surface area contributed by atoms with Gasteiger partial charge in [0.15, 0.2) is 5.78 Å². The number of fused-ring (bicyclic) bond motifs is 1. The first-order valence-corrected chi connectivity index (χ1v) is 11.1. The van der Waals surface area contributed by atoms with Crippen molar-refractivity contribution >= 4 is 17.7 Å². The van der Waals surface area contributed by atoms with Crippen LogP contribution in [0.4, 0.5) is 4.39 Å². The third kappa shape index (κ3) is 4.39. The summed E-state index contributed by atoms with van der Waals surface area (Å²) in [4.78, 5) is 38.3. The minimum atomic E-state index is -1.16. The van der Waals surface area contributed by atoms with E-state index in [0.717, 1.165) is 0 Å². The molecule has 180 valence electrons. The Bertz CT molecular complexity index is 1030. The Kier molecular flexibility index (Phi) is 6.68. The van der Waals surface area contributed by atoms with E-state index in [1.807, 2.05) is 21.0 Å². The standard InChI is InChI=1S/C24H31FN2O6/c1-12-16(22(24(32)33)26-21(12)19(14(3)28)23(26)31)11-27(4,5)10-6-7-18(30)15-8-9-17(29)13(2)20(15)25/h8-9,12,14,19,21,28H,6-7,10-11H2,1-5H3,(H-,29,30,32,33)/p+1/t12-,14+,19+,21+/m0/s1. The summed E-state index contributed by atoms with van der Waals surface area (Å²) in [6.45, 7) is 5.74. The van der Waals surface area contributed by atoms with E-state index in [-0.39, 0.29) is 52.6 Å². The second-order valence-electron chi connectivity index (χ2n) is 9.85. The topological polar surface area (TPSA) is 115 Å². The number of aliphatic carboxylic acids is 1. The van der Waals surface area contributed by atoms with Crippen LogP contribution in [0.15, 0.2) is 23.4 Å². The molecule has 1 aromatic rings. The molecular weight excluding hydrogens is 431 g/mol. The SMILES string of the molecule is Cc1c(O)ccc(C(=O)CCC[N+](C)(C)CC2=C(C(=O)O)N3C(=O)[C@H]([C@@H](C)O)[C@H]3[C@H]2C)c1F. The van der Waals surface area contributed by atoms with E-state index in [1.165, 1.54) is 24.0 Å². The van der Waals surface area contributed by atoms with Crippen LogP contribution in [-0.4, -0.2) is 81.7 Å². The summed E-state index contributed by atoms with van der Waals surface area (Å²) in [5.74, 6) is -3.61. The van der Waals surface area contributed by atoms with E-state index in [1.54, 1.807) is 6.92 Å². The van der Waals surface area contributed by atoms with Crippen molar-refractivity contribution in [2.75, 3.05) is 27.2 Å². The number of halogens is 1. The Labute approximate surface area is 192 Å². The number of carbonyl (C=O) groups excluding carboxylic acids is 2. The number of benzene rings is 1. The van der Waals surface area contributed by atoms with Crippen molar-refractivity contribution < 1.29 is 38.6 Å². The van der Waals surface area contributed by atoms with Gasteiger partial charge in [-0.05, 0) is 26.0 Å². The zero-order valence-corrected chi connectivity index (χ0v) is 19.6. The number of likely N-dealkylation sites (N-methyl/N-ethyl adjacent to an activating group) is 1. The van der Waals surface area contributed by atoms with Gasteiger partial charge < -0.3 is 24.7 Å². The lowest BCUT2D eigenvalue weighted by Crippen LogP contribution is -2.63. The second-order valence-corrected chi connectivity index (χ2v) is 9.85. The van der Waals surface area contributed by atoms with Crippen LogP contribution in [0.1, 0.15) is 42.6 Å². The third-order valence-corrected chi connectivity index (χ3v) is 6.94. The van der Waals surface area contributed by atoms with E-state index < -0.39 is 23.8 Å². The number of Topliss-reactive ketones (excluding diaryl/α,β-unsaturated/α-hetero) is 1. The van der Waals surface area contributed by atoms with Crippen LogP contribution in [-0.2, 0) is 9.59 Å². The van der Waals surface area contributed by atoms with Gasteiger partial charge in [0, 0.05) is 29.9 Å². The van der Waals surface area contributed by atoms with Crippen molar-refractivity contribution in [1.82, 2.24) is 4.90 Å². The molecule has 4 atom stereocenters. The highest BCUT2D eigenvalue weighted by atomic mass is 19.1. The van der Waals surface area contributed by atoms with Crippen LogP contribution in [0, 0.1) is 24.6 Å². The first-order valence-electron chi connectivity index (χ1n) is 11.1. The van der Waals surface area contributed by atoms with Crippen LogP contribution in [0.3, 0.4) is 0 Å². The molecule has 0 bridgehead atoms. The number of phenolic OH excluding ortho intramolecular Hbond substituents is 1. The molecule has 2 aliphatic rings. The zero-order valence-electron chi connectivity index (χ0n) is 19.6. The van der Waals surface area contributed by atoms with E-state index >= 15 is 0 Å². The fourth-order valence-corrected chi connectivity index (χ4v) is 5.09. The van der Waals surface area contributed by atoms with Crippen LogP contribution in [0.5, 0.6) is 5.75 Å². The highest BCUT2D eigenvalue weighted by Crippen LogP contribution is 2.47. The molecule has 8 nitrogen and oxygen atoms in total. The number of phenols is 1. The number of aromatic hydroxyl groups is 1. The second kappa shape index (κ2) is 8.87. The Morgan fingerprint density at radius 3 is 2.48 bits per heavy atom. The summed E-state index contributed by atoms with van der Waals surface area (Å²) in [5, 5.41) is 29.3. The molecule has 3 rings (SSSR count). The van der Waals surface area contributed by atoms with Crippen molar-refractivity contribution in [3.63, 3.8) is 0 Å². The van der Waals surface area contributed by atoms with Crippen LogP contribution in [0.25, 0.3) is 0 Å². The molecule has 1 amide bonds. The monoisotopic (exact) mass is 463 g/mol. The maximum Gasteiger partial charge on any atom is 0.352 e. The average Bonchev–Trinajstić information content (AvgIpc) is 2.94. The van der Waals surface area contributed by atoms with Gasteiger partial charge in [-0.1, -0.05) is 6.92 Å². The molecular formula is C24H32FN2O6+. The first kappa shape index (κ1) is 24.9. The number of aliphatic hydroxyl groups excluding tert-OH is 1. The van der Waals surface area contributed by atoms with Gasteiger partial charge in [-0.15, -0.1) is 0 Å². The molecule has 0 saturated carbocycles. The number of hydrogen-bond donors (Lipinski definition) is 3. The van der Waals surface area contributed by atoms with Crippen LogP contribution in [0.2, 0.25) is 0 Å². The van der Waals surface area contributed by atoms with Crippen molar-refractivity contribution in [3.8, 4) is 5.75 Å². The molecule has 1 fully saturated rings. The van der Waals surface area contributed by atoms with Crippen LogP contribution < -0.4 is 0 Å². The lowest BCUT2D eigenvalue weighted by atomic mass is 9.77. The Hall–Kier alpha value is -2.78. The number of carbonyl (C=O) groups is 3. The maximum absolute atomic E-state index is 14.3. The minimum Gasteiger partial charge on any atom is -0.508 e. The highest BCUT2D eigenvalue weighted by Gasteiger charge is 2.60. The molecule has 1 saturated heterocycles. The number of rotatable bonds is 9. The minimum absolute atomic E-state index is 0.00156. The molecule has 2 aliphatic heterocycles. The lowest BCUT2D eigenvalue weighted by molar-refractivity contribution is -0.886. The van der Waals surface area contributed by atoms with Crippen molar-refractivity contribution in [2.24, 2.45) is 11.8 Å². The van der Waals surface area contributed by atoms with E-state index in [2.05, 4.69) is 0 Å². The van der Waals surface area contributed by atoms with Gasteiger partial charge in [0.1, 0.15) is 23.8 Å². The molecule has 0 aliphatic carbocycles. The number of quaternary nitrogens is 1. The number of ketones is 1. The fourth-order valence-electron chi connectivity index (χ4n) is 5.09. The Morgan fingerprint density at radius 2 is 1.91 bits per heavy atom. The Balaban J connectivity index is 1.69. The molecule has 2 heterocycles. The smallest absolute Gasteiger partial charge is 0.352 e. The van der Waals surface area contributed by atoms with E-state index in [0.29, 0.717) is 29.6 Å². The summed E-state index contributed by atoms with van der Waals surface area (Å²) in [5.41, 5.74) is 0.636. The largest absolute Gasteiger partial charge is 0.508 e. The van der Waals surface area contributed by atoms with Gasteiger partial charge in [-0.2, -0.15) is 0 Å². The number of carboxylic acid groups (broad SMARTS) is 1. The first-order chi connectivity index (χ1) is 15.3. The molecule has 33 heavy (non-hydrogen) atoms. The quantitative estimate of drug-likeness (QED) is 0.293. The van der Waals surface area contributed by atoms with Crippen LogP contribution >= 0.6 is 0 Å². The summed E-state index contributed by atoms with van der Waals surface area (Å²) in [6, 6.07) is 2.23. The number of β-lactam (4-membered cyclic amide) rings is 1. The van der Waals surface area contributed by atoms with Crippen molar-refractivity contribution in [3.05, 3.63) is 40.3 Å². The van der Waals surface area contributed by atoms with E-state index in [9.17, 15) is 34.1 Å². The third-order valence-electron chi connectivity index (χ3n) is 6.94. The molecule has 3 N–H and O–H groups in total. The van der Waals surface area contributed by atoms with E-state index in [4.69, 9.17) is 0 Å². The molecule has 0 unspecified atom stereocenters. The maximum atomic E-state index is 14.3. The lowest BCUT2D eigenvalue weighted by Gasteiger charge is -2.46. The van der Waals surface area contributed by atoms with Gasteiger partial charge >= 0.3 is 5.97 Å². The van der Waals surface area contributed by atoms with Gasteiger partial charge in [0.05, 0.1) is 44.3 Å². The van der Waals surface area contributed by atoms with Gasteiger partial charge in [-0.25, -0.2) is 9.18 Å². The summed E-state index contributed by atoms with van der Waals surface area (Å²) in [6.07, 6.45) is -0.286. The average molecular weight is 464 g/mol. The number of carboxylic acids is 1. The Morgan fingerprint density at radius 1 is 1.27 bits per heavy atom. The molecule has 1 aromatic carbocycles. The highest BCUT2D eigenvalue weighted by molar-refractivity contribution is 6.00. The molecule has 0 aromatic heterocycles. The summed E-state index contributed by atoms with van der Waals surface area (Å²) in [7, 11) is 3.83. The number of amides is 1. The van der Waals surface area contributed by atoms with Gasteiger partial charge in [-0.3, -0.25) is 9.59 Å². The predicted octanol–water partition coefficient (Wildman–Crippen LogP) is 2.08. The molecule has 0 radical (unpaired) electrons. The number of aliphatic hydroxyl groups is 1. The number of hydrogen-bond acceptors (Lipinski definition) is 5. The predicted molar refractivity (Wildman–Crippen MR) is 118 cm³/mol. The van der Waals surface area contributed by atoms with Crippen molar-refractivity contribution in [2.45, 2.75) is 45.8 Å². The van der Waals surface area contributed by atoms with Gasteiger partial charge in [0.25, 0.3) is 0 Å². The summed E-state index contributed by atoms with van der Waals surface area (Å²) >= 11 is 0. The van der Waals surface area contributed by atoms with Gasteiger partial charge in [0.2, 0.25) is 5.91 Å². The van der Waals surface area contributed by atoms with Crippen molar-refractivity contribution in [1.29, 1.82) is 0 Å². The molecule has 0 spiro atoms.